The number of carboxylic acids is 1. The standard InChI is InChI=1S/C43H53NO4/c1-23(2)33-21-29-27-20-32-31(22-39(4,5)48-40(32,6)7)26(27)19-28-30-18-25-13-14-34-41(8,16-11-12-24(3)38(46)47)35(45)15-17-42(34,9)43(25,10)37(30)44(33)36(28)29/h11-12,16,19-20,22,25,33-35,45H,1,13-15,17-18,21H2,2-10H3,(H,46,47)/b16-11+,24-12+/t25-,33+,34-,35-,41-,42-,43+/m0/s1. The number of aliphatic hydroxyl groups excluding tert-OH is 1. The first-order chi connectivity index (χ1) is 22.4. The molecule has 0 bridgehead atoms. The molecule has 6 aliphatic rings. The predicted octanol–water partition coefficient (Wildman–Crippen LogP) is 9.28. The fraction of sp³-hybridized carbons (Fsp3) is 0.558. The maximum atomic E-state index is 11.7. The van der Waals surface area contributed by atoms with Gasteiger partial charge in [-0.25, -0.2) is 4.79 Å². The third-order valence-corrected chi connectivity index (χ3v) is 14.4. The number of aromatic nitrogens is 1. The molecule has 0 amide bonds. The van der Waals surface area contributed by atoms with Gasteiger partial charge in [-0.15, -0.1) is 0 Å². The SMILES string of the molecule is C=C(C)[C@H]1Cc2c3c(cc4c5c(n1c24)[C@@]1(C)[C@@H](CC[C@H]2[C@](C)(/C=C/C=C(\C)C(=O)O)[C@@H](O)CC[C@@]21C)C5)C1=CC(C)(C)OC(C)(C)C1=C3. The first-order valence-electron chi connectivity index (χ1n) is 18.2. The minimum absolute atomic E-state index is 0.0472. The highest BCUT2D eigenvalue weighted by Gasteiger charge is 2.67. The molecule has 2 saturated carbocycles. The number of aliphatic carboxylic acids is 1. The molecule has 7 atom stereocenters. The van der Waals surface area contributed by atoms with Crippen molar-refractivity contribution >= 4 is 28.5 Å². The van der Waals surface area contributed by atoms with E-state index < -0.39 is 17.5 Å². The van der Waals surface area contributed by atoms with Gasteiger partial charge in [0.2, 0.25) is 0 Å². The van der Waals surface area contributed by atoms with Gasteiger partial charge in [-0.1, -0.05) is 51.2 Å². The molecule has 0 unspecified atom stereocenters. The Morgan fingerprint density at radius 1 is 1.04 bits per heavy atom. The third-order valence-electron chi connectivity index (χ3n) is 14.4. The van der Waals surface area contributed by atoms with Gasteiger partial charge in [0.05, 0.1) is 28.9 Å². The van der Waals surface area contributed by atoms with Gasteiger partial charge in [-0.05, 0) is 149 Å². The van der Waals surface area contributed by atoms with Crippen LogP contribution in [0, 0.1) is 22.7 Å². The summed E-state index contributed by atoms with van der Waals surface area (Å²) in [6, 6.07) is 2.75. The Morgan fingerprint density at radius 2 is 1.77 bits per heavy atom. The van der Waals surface area contributed by atoms with Gasteiger partial charge in [-0.2, -0.15) is 0 Å². The van der Waals surface area contributed by atoms with E-state index in [-0.39, 0.29) is 34.0 Å². The minimum atomic E-state index is -0.909. The van der Waals surface area contributed by atoms with E-state index in [2.05, 4.69) is 90.8 Å². The lowest BCUT2D eigenvalue weighted by atomic mass is 9.40. The van der Waals surface area contributed by atoms with Crippen molar-refractivity contribution in [3.05, 3.63) is 81.6 Å². The normalized spacial score (nSPS) is 37.1. The zero-order valence-corrected chi connectivity index (χ0v) is 30.4. The molecule has 2 aliphatic heterocycles. The number of carbonyl (C=O) groups is 1. The first-order valence-corrected chi connectivity index (χ1v) is 18.2. The predicted molar refractivity (Wildman–Crippen MR) is 194 cm³/mol. The number of benzene rings is 1. The highest BCUT2D eigenvalue weighted by Crippen LogP contribution is 2.71. The molecule has 0 spiro atoms. The van der Waals surface area contributed by atoms with Crippen molar-refractivity contribution in [2.45, 2.75) is 130 Å². The summed E-state index contributed by atoms with van der Waals surface area (Å²) in [6.07, 6.45) is 16.0. The molecule has 4 aliphatic carbocycles. The van der Waals surface area contributed by atoms with Crippen LogP contribution in [-0.2, 0) is 27.8 Å². The Balaban J connectivity index is 1.33. The summed E-state index contributed by atoms with van der Waals surface area (Å²) in [5.41, 5.74) is 11.6. The van der Waals surface area contributed by atoms with Crippen LogP contribution < -0.4 is 0 Å². The van der Waals surface area contributed by atoms with Gasteiger partial charge >= 0.3 is 5.97 Å². The molecular formula is C43H53NO4. The summed E-state index contributed by atoms with van der Waals surface area (Å²) < 4.78 is 9.34. The lowest BCUT2D eigenvalue weighted by molar-refractivity contribution is -0.145. The first kappa shape index (κ1) is 32.1. The van der Waals surface area contributed by atoms with E-state index in [9.17, 15) is 15.0 Å². The Hall–Kier alpha value is -3.15. The minimum Gasteiger partial charge on any atom is -0.478 e. The van der Waals surface area contributed by atoms with Crippen LogP contribution in [0.2, 0.25) is 0 Å². The average molecular weight is 648 g/mol. The number of ether oxygens (including phenoxy) is 1. The van der Waals surface area contributed by atoms with E-state index in [1.165, 1.54) is 55.6 Å². The largest absolute Gasteiger partial charge is 0.478 e. The molecule has 254 valence electrons. The lowest BCUT2D eigenvalue weighted by Gasteiger charge is -2.64. The smallest absolute Gasteiger partial charge is 0.331 e. The van der Waals surface area contributed by atoms with Crippen LogP contribution >= 0.6 is 0 Å². The molecule has 3 heterocycles. The van der Waals surface area contributed by atoms with Crippen molar-refractivity contribution in [2.24, 2.45) is 22.7 Å². The quantitative estimate of drug-likeness (QED) is 0.197. The fourth-order valence-corrected chi connectivity index (χ4v) is 12.0. The van der Waals surface area contributed by atoms with Crippen molar-refractivity contribution in [2.75, 3.05) is 0 Å². The highest BCUT2D eigenvalue weighted by molar-refractivity contribution is 6.05. The number of allylic oxidation sites excluding steroid dienone is 3. The summed E-state index contributed by atoms with van der Waals surface area (Å²) in [7, 11) is 0. The third kappa shape index (κ3) is 3.89. The van der Waals surface area contributed by atoms with Crippen molar-refractivity contribution in [1.82, 2.24) is 4.57 Å². The molecular weight excluding hydrogens is 594 g/mol. The zero-order valence-electron chi connectivity index (χ0n) is 30.4. The Bertz CT molecular complexity index is 1960. The van der Waals surface area contributed by atoms with E-state index >= 15 is 0 Å². The summed E-state index contributed by atoms with van der Waals surface area (Å²) in [4.78, 5) is 11.5. The average Bonchev–Trinajstić information content (AvgIpc) is 3.71. The van der Waals surface area contributed by atoms with E-state index in [1.807, 2.05) is 6.08 Å². The molecule has 0 radical (unpaired) electrons. The zero-order chi connectivity index (χ0) is 34.5. The van der Waals surface area contributed by atoms with Crippen LogP contribution in [0.5, 0.6) is 0 Å². The Morgan fingerprint density at radius 3 is 2.46 bits per heavy atom. The molecule has 2 fully saturated rings. The highest BCUT2D eigenvalue weighted by atomic mass is 16.5. The van der Waals surface area contributed by atoms with Crippen molar-refractivity contribution in [3.63, 3.8) is 0 Å². The number of aliphatic hydroxyl groups is 1. The number of rotatable bonds is 4. The van der Waals surface area contributed by atoms with Crippen molar-refractivity contribution in [3.8, 4) is 0 Å². The second kappa shape index (κ2) is 9.75. The maximum Gasteiger partial charge on any atom is 0.331 e. The lowest BCUT2D eigenvalue weighted by Crippen LogP contribution is -2.62. The molecule has 2 N–H and O–H groups in total. The molecule has 5 nitrogen and oxygen atoms in total. The number of carboxylic acid groups (broad SMARTS) is 1. The van der Waals surface area contributed by atoms with Crippen molar-refractivity contribution < 1.29 is 19.7 Å². The van der Waals surface area contributed by atoms with E-state index in [0.29, 0.717) is 11.5 Å². The second-order valence-corrected chi connectivity index (χ2v) is 17.9. The Kier molecular flexibility index (Phi) is 6.52. The van der Waals surface area contributed by atoms with Gasteiger partial charge in [0.25, 0.3) is 0 Å². The molecule has 5 heteroatoms. The molecule has 48 heavy (non-hydrogen) atoms. The van der Waals surface area contributed by atoms with E-state index in [4.69, 9.17) is 4.74 Å². The summed E-state index contributed by atoms with van der Waals surface area (Å²) >= 11 is 0. The van der Waals surface area contributed by atoms with Gasteiger partial charge in [0.1, 0.15) is 0 Å². The summed E-state index contributed by atoms with van der Waals surface area (Å²) in [6.45, 7) is 24.5. The number of hydrogen-bond donors (Lipinski definition) is 2. The monoisotopic (exact) mass is 647 g/mol. The van der Waals surface area contributed by atoms with Crippen LogP contribution in [-0.4, -0.2) is 38.1 Å². The van der Waals surface area contributed by atoms with Gasteiger partial charge in [0, 0.05) is 27.5 Å². The second-order valence-electron chi connectivity index (χ2n) is 17.9. The molecule has 2 aromatic rings. The van der Waals surface area contributed by atoms with Crippen LogP contribution in [0.1, 0.15) is 122 Å². The number of fused-ring (bicyclic) bond motifs is 11. The van der Waals surface area contributed by atoms with Gasteiger partial charge < -0.3 is 19.5 Å². The van der Waals surface area contributed by atoms with Crippen LogP contribution in [0.15, 0.2) is 53.7 Å². The van der Waals surface area contributed by atoms with Crippen molar-refractivity contribution in [1.29, 1.82) is 0 Å². The van der Waals surface area contributed by atoms with Crippen LogP contribution in [0.3, 0.4) is 0 Å². The van der Waals surface area contributed by atoms with Gasteiger partial charge in [0.15, 0.2) is 0 Å². The van der Waals surface area contributed by atoms with Gasteiger partial charge in [-0.3, -0.25) is 0 Å². The summed E-state index contributed by atoms with van der Waals surface area (Å²) in [5, 5.41) is 22.5. The van der Waals surface area contributed by atoms with E-state index in [0.717, 1.165) is 38.5 Å². The van der Waals surface area contributed by atoms with E-state index in [1.54, 1.807) is 13.0 Å². The molecule has 1 aromatic heterocycles. The van der Waals surface area contributed by atoms with Crippen LogP contribution in [0.4, 0.5) is 0 Å². The number of hydrogen-bond acceptors (Lipinski definition) is 3. The number of nitrogens with zero attached hydrogens (tertiary/aromatic N) is 1. The molecule has 0 saturated heterocycles. The summed E-state index contributed by atoms with van der Waals surface area (Å²) in [5.74, 6) is -0.113. The van der Waals surface area contributed by atoms with Crippen LogP contribution in [0.25, 0.3) is 22.6 Å². The maximum absolute atomic E-state index is 11.7. The fourth-order valence-electron chi connectivity index (χ4n) is 12.0. The molecule has 8 rings (SSSR count). The topological polar surface area (TPSA) is 71.7 Å². The Labute approximate surface area is 286 Å². The molecule has 1 aromatic carbocycles.